The zero-order valence-electron chi connectivity index (χ0n) is 11.9. The fraction of sp³-hybridized carbons (Fsp3) is 0.625. The van der Waals surface area contributed by atoms with Crippen LogP contribution in [-0.4, -0.2) is 12.6 Å². The molecule has 1 fully saturated rings. The Bertz CT molecular complexity index is 400. The van der Waals surface area contributed by atoms with E-state index in [-0.39, 0.29) is 0 Å². The molecule has 1 aromatic rings. The fourth-order valence-electron chi connectivity index (χ4n) is 2.59. The maximum atomic E-state index is 6.23. The molecule has 0 aromatic heterocycles. The zero-order chi connectivity index (χ0) is 13.7. The quantitative estimate of drug-likeness (QED) is 0.859. The molecule has 0 unspecified atom stereocenters. The lowest BCUT2D eigenvalue weighted by Crippen LogP contribution is -2.24. The molecular formula is C16H24BrNO. The summed E-state index contributed by atoms with van der Waals surface area (Å²) in [7, 11) is 0. The minimum Gasteiger partial charge on any atom is -0.490 e. The van der Waals surface area contributed by atoms with Gasteiger partial charge in [-0.05, 0) is 56.3 Å². The lowest BCUT2D eigenvalue weighted by atomic mass is 9.89. The van der Waals surface area contributed by atoms with Gasteiger partial charge in [0.15, 0.2) is 0 Å². The van der Waals surface area contributed by atoms with Crippen LogP contribution in [0.1, 0.15) is 45.1 Å². The van der Waals surface area contributed by atoms with Crippen molar-refractivity contribution in [2.24, 2.45) is 5.92 Å². The molecule has 2 rings (SSSR count). The van der Waals surface area contributed by atoms with Gasteiger partial charge in [0.1, 0.15) is 5.75 Å². The number of benzene rings is 1. The average Bonchev–Trinajstić information content (AvgIpc) is 2.41. The summed E-state index contributed by atoms with van der Waals surface area (Å²) in [6, 6.07) is 6.31. The molecule has 0 bridgehead atoms. The highest BCUT2D eigenvalue weighted by Crippen LogP contribution is 2.30. The molecule has 1 aliphatic carbocycles. The number of nitrogens with one attached hydrogen (secondary N) is 1. The van der Waals surface area contributed by atoms with Crippen LogP contribution in [0.5, 0.6) is 5.75 Å². The van der Waals surface area contributed by atoms with Gasteiger partial charge in [0.2, 0.25) is 0 Å². The van der Waals surface area contributed by atoms with Crippen LogP contribution in [0.15, 0.2) is 22.7 Å². The van der Waals surface area contributed by atoms with E-state index in [0.717, 1.165) is 29.2 Å². The monoisotopic (exact) mass is 325 g/mol. The van der Waals surface area contributed by atoms with Crippen LogP contribution in [0.4, 0.5) is 0 Å². The summed E-state index contributed by atoms with van der Waals surface area (Å²) in [4.78, 5) is 0. The van der Waals surface area contributed by atoms with Crippen LogP contribution < -0.4 is 10.1 Å². The largest absolute Gasteiger partial charge is 0.490 e. The lowest BCUT2D eigenvalue weighted by molar-refractivity contribution is 0.134. The zero-order valence-corrected chi connectivity index (χ0v) is 13.5. The summed E-state index contributed by atoms with van der Waals surface area (Å²) in [5.74, 6) is 1.91. The molecule has 0 aliphatic heterocycles. The minimum atomic E-state index is 0.401. The topological polar surface area (TPSA) is 21.3 Å². The Balaban J connectivity index is 2.02. The van der Waals surface area contributed by atoms with Crippen LogP contribution in [0.3, 0.4) is 0 Å². The fourth-order valence-corrected chi connectivity index (χ4v) is 3.00. The van der Waals surface area contributed by atoms with E-state index in [1.165, 1.54) is 31.2 Å². The summed E-state index contributed by atoms with van der Waals surface area (Å²) < 4.78 is 7.34. The van der Waals surface area contributed by atoms with E-state index >= 15 is 0 Å². The second-order valence-electron chi connectivity index (χ2n) is 5.53. The number of ether oxygens (including phenoxy) is 1. The van der Waals surface area contributed by atoms with Crippen molar-refractivity contribution in [3.8, 4) is 5.75 Å². The molecule has 106 valence electrons. The van der Waals surface area contributed by atoms with Gasteiger partial charge in [-0.15, -0.1) is 0 Å². The second-order valence-corrected chi connectivity index (χ2v) is 6.45. The van der Waals surface area contributed by atoms with Gasteiger partial charge in [-0.3, -0.25) is 0 Å². The maximum absolute atomic E-state index is 6.23. The Morgan fingerprint density at radius 2 is 2.00 bits per heavy atom. The van der Waals surface area contributed by atoms with Gasteiger partial charge < -0.3 is 10.1 Å². The van der Waals surface area contributed by atoms with Crippen LogP contribution in [0, 0.1) is 5.92 Å². The van der Waals surface area contributed by atoms with Crippen LogP contribution >= 0.6 is 15.9 Å². The van der Waals surface area contributed by atoms with Gasteiger partial charge in [-0.25, -0.2) is 0 Å². The van der Waals surface area contributed by atoms with Crippen molar-refractivity contribution in [1.29, 1.82) is 0 Å². The molecule has 2 nitrogen and oxygen atoms in total. The Kier molecular flexibility index (Phi) is 5.71. The van der Waals surface area contributed by atoms with Gasteiger partial charge in [0.25, 0.3) is 0 Å². The van der Waals surface area contributed by atoms with Gasteiger partial charge in [0.05, 0.1) is 6.10 Å². The molecule has 0 spiro atoms. The van der Waals surface area contributed by atoms with Crippen molar-refractivity contribution in [3.63, 3.8) is 0 Å². The van der Waals surface area contributed by atoms with E-state index in [0.29, 0.717) is 6.10 Å². The van der Waals surface area contributed by atoms with E-state index in [1.807, 2.05) is 0 Å². The summed E-state index contributed by atoms with van der Waals surface area (Å²) in [5, 5.41) is 3.38. The molecule has 0 radical (unpaired) electrons. The maximum Gasteiger partial charge on any atom is 0.124 e. The van der Waals surface area contributed by atoms with E-state index in [9.17, 15) is 0 Å². The van der Waals surface area contributed by atoms with Gasteiger partial charge in [0, 0.05) is 16.6 Å². The summed E-state index contributed by atoms with van der Waals surface area (Å²) in [6.07, 6.45) is 5.38. The third-order valence-electron chi connectivity index (χ3n) is 3.84. The van der Waals surface area contributed by atoms with Crippen molar-refractivity contribution in [2.75, 3.05) is 6.54 Å². The number of rotatable bonds is 5. The van der Waals surface area contributed by atoms with Crippen molar-refractivity contribution in [1.82, 2.24) is 5.32 Å². The predicted octanol–water partition coefficient (Wildman–Crippen LogP) is 4.52. The van der Waals surface area contributed by atoms with E-state index < -0.39 is 0 Å². The van der Waals surface area contributed by atoms with Gasteiger partial charge >= 0.3 is 0 Å². The Morgan fingerprint density at radius 1 is 1.26 bits per heavy atom. The summed E-state index contributed by atoms with van der Waals surface area (Å²) in [5.41, 5.74) is 1.25. The molecule has 0 atom stereocenters. The van der Waals surface area contributed by atoms with Crippen molar-refractivity contribution in [3.05, 3.63) is 28.2 Å². The Hall–Kier alpha value is -0.540. The van der Waals surface area contributed by atoms with Gasteiger partial charge in [-0.1, -0.05) is 29.8 Å². The number of hydrogen-bond donors (Lipinski definition) is 1. The van der Waals surface area contributed by atoms with Crippen LogP contribution in [0.25, 0.3) is 0 Å². The first-order valence-electron chi connectivity index (χ1n) is 7.34. The lowest BCUT2D eigenvalue weighted by Gasteiger charge is -2.27. The van der Waals surface area contributed by atoms with Crippen molar-refractivity contribution >= 4 is 15.9 Å². The molecular weight excluding hydrogens is 302 g/mol. The van der Waals surface area contributed by atoms with E-state index in [2.05, 4.69) is 53.3 Å². The number of halogens is 1. The molecule has 1 saturated carbocycles. The molecule has 19 heavy (non-hydrogen) atoms. The standard InChI is InChI=1S/C16H24BrNO/c1-3-18-11-13-10-14(17)6-9-16(13)19-15-7-4-12(2)5-8-15/h6,9-10,12,15,18H,3-5,7-8,11H2,1-2H3. The van der Waals surface area contributed by atoms with Crippen molar-refractivity contribution < 1.29 is 4.74 Å². The smallest absolute Gasteiger partial charge is 0.124 e. The SMILES string of the molecule is CCNCc1cc(Br)ccc1OC1CCC(C)CC1. The highest BCUT2D eigenvalue weighted by molar-refractivity contribution is 9.10. The van der Waals surface area contributed by atoms with Gasteiger partial charge in [-0.2, -0.15) is 0 Å². The Labute approximate surface area is 125 Å². The first-order valence-corrected chi connectivity index (χ1v) is 8.14. The molecule has 0 heterocycles. The Morgan fingerprint density at radius 3 is 2.68 bits per heavy atom. The second kappa shape index (κ2) is 7.30. The molecule has 0 amide bonds. The summed E-state index contributed by atoms with van der Waals surface area (Å²) >= 11 is 3.54. The van der Waals surface area contributed by atoms with Crippen molar-refractivity contribution in [2.45, 2.75) is 52.2 Å². The van der Waals surface area contributed by atoms with Crippen LogP contribution in [-0.2, 0) is 6.54 Å². The normalized spacial score (nSPS) is 23.3. The highest BCUT2D eigenvalue weighted by Gasteiger charge is 2.20. The first kappa shape index (κ1) is 14.9. The third-order valence-corrected chi connectivity index (χ3v) is 4.34. The highest BCUT2D eigenvalue weighted by atomic mass is 79.9. The first-order chi connectivity index (χ1) is 9.19. The van der Waals surface area contributed by atoms with E-state index in [4.69, 9.17) is 4.74 Å². The molecule has 3 heteroatoms. The third kappa shape index (κ3) is 4.50. The molecule has 1 aliphatic rings. The molecule has 1 N–H and O–H groups in total. The molecule has 1 aromatic carbocycles. The molecule has 0 saturated heterocycles. The van der Waals surface area contributed by atoms with Crippen LogP contribution in [0.2, 0.25) is 0 Å². The number of hydrogen-bond acceptors (Lipinski definition) is 2. The van der Waals surface area contributed by atoms with E-state index in [1.54, 1.807) is 0 Å². The average molecular weight is 326 g/mol. The predicted molar refractivity (Wildman–Crippen MR) is 83.6 cm³/mol. The summed E-state index contributed by atoms with van der Waals surface area (Å²) in [6.45, 7) is 6.31. The minimum absolute atomic E-state index is 0.401.